The van der Waals surface area contributed by atoms with Gasteiger partial charge in [-0.3, -0.25) is 9.59 Å². The molecule has 8 rings (SSSR count). The lowest BCUT2D eigenvalue weighted by Crippen LogP contribution is -2.37. The number of methoxy groups -OCH3 is 2. The van der Waals surface area contributed by atoms with E-state index >= 15 is 0 Å². The van der Waals surface area contributed by atoms with Crippen LogP contribution in [0.3, 0.4) is 0 Å². The fraction of sp³-hybridized carbons (Fsp3) is 0.435. The molecule has 2 bridgehead atoms. The third kappa shape index (κ3) is 7.20. The van der Waals surface area contributed by atoms with Crippen molar-refractivity contribution in [2.75, 3.05) is 14.2 Å². The first kappa shape index (κ1) is 36.8. The summed E-state index contributed by atoms with van der Waals surface area (Å²) in [5.41, 5.74) is 6.64. The van der Waals surface area contributed by atoms with E-state index in [2.05, 4.69) is 35.0 Å². The molecule has 3 aromatic carbocycles. The molecule has 2 fully saturated rings. The van der Waals surface area contributed by atoms with Gasteiger partial charge in [-0.1, -0.05) is 55.0 Å². The first-order valence-corrected chi connectivity index (χ1v) is 19.6. The fourth-order valence-corrected chi connectivity index (χ4v) is 10.1. The summed E-state index contributed by atoms with van der Waals surface area (Å²) in [5.74, 6) is 6.19. The monoisotopic (exact) mass is 743 g/mol. The average molecular weight is 744 g/mol. The van der Waals surface area contributed by atoms with E-state index in [0.29, 0.717) is 17.7 Å². The summed E-state index contributed by atoms with van der Waals surface area (Å²) in [6.45, 7) is 0. The summed E-state index contributed by atoms with van der Waals surface area (Å²) < 4.78 is 16.9. The topological polar surface area (TPSA) is 138 Å². The van der Waals surface area contributed by atoms with E-state index in [1.165, 1.54) is 38.9 Å². The number of aliphatic hydroxyl groups excluding tert-OH is 1. The number of carbonyl (C=O) groups is 2. The number of nitrogens with one attached hydrogen (secondary N) is 1. The number of H-pyrrole nitrogens is 1. The molecular formula is C46H49NO8. The van der Waals surface area contributed by atoms with Crippen molar-refractivity contribution in [1.82, 2.24) is 4.98 Å². The van der Waals surface area contributed by atoms with Gasteiger partial charge in [-0.05, 0) is 108 Å². The SMILES string of the molecule is COc1cc(CC(O)C2CC(=O)CC3c4cc(OC)c(O)cc4C(=CC4CC5(CCCC5)CCC43)c3[nH]c4ccccc4c3CC#CCC(=O)O2)ccc1O. The van der Waals surface area contributed by atoms with Crippen LogP contribution in [0, 0.1) is 29.1 Å². The molecule has 1 aliphatic heterocycles. The molecule has 0 radical (unpaired) electrons. The second-order valence-electron chi connectivity index (χ2n) is 16.1. The van der Waals surface area contributed by atoms with Gasteiger partial charge < -0.3 is 34.5 Å². The second-order valence-corrected chi connectivity index (χ2v) is 16.1. The summed E-state index contributed by atoms with van der Waals surface area (Å²) in [5, 5.41) is 34.1. The molecule has 286 valence electrons. The molecule has 4 aromatic rings. The molecule has 3 aliphatic carbocycles. The minimum absolute atomic E-state index is 0.0298. The Labute approximate surface area is 321 Å². The zero-order valence-electron chi connectivity index (χ0n) is 31.5. The van der Waals surface area contributed by atoms with Gasteiger partial charge in [0.25, 0.3) is 0 Å². The highest BCUT2D eigenvalue weighted by Crippen LogP contribution is 2.58. The Bertz CT molecular complexity index is 2220. The molecule has 1 aromatic heterocycles. The van der Waals surface area contributed by atoms with Gasteiger partial charge in [0, 0.05) is 42.2 Å². The van der Waals surface area contributed by atoms with Crippen molar-refractivity contribution in [2.45, 2.75) is 95.2 Å². The second kappa shape index (κ2) is 15.1. The quantitative estimate of drug-likeness (QED) is 0.120. The average Bonchev–Trinajstić information content (AvgIpc) is 3.76. The number of allylic oxidation sites excluding steroid dienone is 1. The Kier molecular flexibility index (Phi) is 10.1. The van der Waals surface area contributed by atoms with Crippen molar-refractivity contribution in [1.29, 1.82) is 0 Å². The van der Waals surface area contributed by atoms with Gasteiger partial charge in [0.15, 0.2) is 23.0 Å². The Morgan fingerprint density at radius 2 is 1.69 bits per heavy atom. The number of aromatic nitrogens is 1. The number of aromatic hydroxyl groups is 2. The Hall–Kier alpha value is -5.20. The molecule has 5 atom stereocenters. The lowest BCUT2D eigenvalue weighted by atomic mass is 9.60. The van der Waals surface area contributed by atoms with E-state index in [1.807, 2.05) is 18.2 Å². The molecule has 55 heavy (non-hydrogen) atoms. The summed E-state index contributed by atoms with van der Waals surface area (Å²) in [6, 6.07) is 16.6. The number of ether oxygens (including phenoxy) is 3. The van der Waals surface area contributed by atoms with Gasteiger partial charge in [0.1, 0.15) is 18.3 Å². The van der Waals surface area contributed by atoms with Gasteiger partial charge in [0.05, 0.1) is 26.0 Å². The van der Waals surface area contributed by atoms with Crippen LogP contribution in [0.15, 0.2) is 60.7 Å². The molecule has 4 N–H and O–H groups in total. The number of Topliss-reactive ketones (excluding diaryl/α,β-unsaturated/α-hetero) is 1. The number of benzene rings is 3. The summed E-state index contributed by atoms with van der Waals surface area (Å²) in [4.78, 5) is 31.5. The van der Waals surface area contributed by atoms with Crippen LogP contribution in [0.4, 0.5) is 0 Å². The number of phenols is 2. The van der Waals surface area contributed by atoms with Crippen molar-refractivity contribution < 1.29 is 39.1 Å². The summed E-state index contributed by atoms with van der Waals surface area (Å²) >= 11 is 0. The smallest absolute Gasteiger partial charge is 0.318 e. The van der Waals surface area contributed by atoms with Gasteiger partial charge in [-0.2, -0.15) is 0 Å². The summed E-state index contributed by atoms with van der Waals surface area (Å²) in [7, 11) is 2.99. The molecule has 2 heterocycles. The highest BCUT2D eigenvalue weighted by Gasteiger charge is 2.47. The number of rotatable bonds is 5. The Morgan fingerprint density at radius 3 is 2.49 bits per heavy atom. The predicted molar refractivity (Wildman–Crippen MR) is 209 cm³/mol. The number of fused-ring (bicyclic) bond motifs is 6. The van der Waals surface area contributed by atoms with Crippen LogP contribution < -0.4 is 9.47 Å². The molecule has 9 heteroatoms. The number of carbonyl (C=O) groups excluding carboxylic acids is 2. The molecule has 2 saturated carbocycles. The van der Waals surface area contributed by atoms with Crippen LogP contribution in [-0.4, -0.2) is 58.5 Å². The van der Waals surface area contributed by atoms with Crippen molar-refractivity contribution in [3.05, 3.63) is 88.6 Å². The largest absolute Gasteiger partial charge is 0.504 e. The third-order valence-corrected chi connectivity index (χ3v) is 12.8. The third-order valence-electron chi connectivity index (χ3n) is 12.8. The molecule has 4 aliphatic rings. The maximum Gasteiger partial charge on any atom is 0.318 e. The molecule has 1 spiro atoms. The standard InChI is InChI=1S/C46H49NO8/c1-53-41-20-27(13-14-38(41)49)19-39(50)43-23-29(48)22-33-30-15-18-46(16-7-8-17-46)26-28(30)21-36(34-24-40(51)42(54-2)25-35(33)34)45-32(10-4-6-12-44(52)55-43)31-9-3-5-11-37(31)47-45/h3,5,9,11,13-14,20-21,24-25,28,30,33,39,43,47,49-51H,7-8,10,12,15-19,22-23,26H2,1-2H3. The maximum atomic E-state index is 14.5. The van der Waals surface area contributed by atoms with E-state index in [9.17, 15) is 24.9 Å². The van der Waals surface area contributed by atoms with Crippen LogP contribution in [0.25, 0.3) is 16.5 Å². The number of phenolic OH excluding ortho intramolecular Hbond substituents is 2. The number of para-hydroxylation sites is 1. The lowest BCUT2D eigenvalue weighted by Gasteiger charge is -2.44. The van der Waals surface area contributed by atoms with Crippen LogP contribution in [0.5, 0.6) is 23.0 Å². The van der Waals surface area contributed by atoms with E-state index in [1.54, 1.807) is 25.3 Å². The normalized spacial score (nSPS) is 24.1. The minimum Gasteiger partial charge on any atom is -0.504 e. The van der Waals surface area contributed by atoms with E-state index < -0.39 is 18.2 Å². The first-order chi connectivity index (χ1) is 26.6. The van der Waals surface area contributed by atoms with Gasteiger partial charge >= 0.3 is 5.97 Å². The van der Waals surface area contributed by atoms with E-state index in [0.717, 1.165) is 58.1 Å². The van der Waals surface area contributed by atoms with Crippen LogP contribution in [-0.2, 0) is 27.2 Å². The number of cyclic esters (lactones) is 1. The minimum atomic E-state index is -1.21. The number of aliphatic hydroxyl groups is 1. The van der Waals surface area contributed by atoms with Crippen molar-refractivity contribution >= 4 is 28.2 Å². The molecule has 0 amide bonds. The van der Waals surface area contributed by atoms with Crippen LogP contribution in [0.1, 0.15) is 98.1 Å². The molecule has 5 unspecified atom stereocenters. The Balaban J connectivity index is 1.26. The van der Waals surface area contributed by atoms with Crippen molar-refractivity contribution in [3.8, 4) is 34.8 Å². The highest BCUT2D eigenvalue weighted by molar-refractivity contribution is 5.94. The highest BCUT2D eigenvalue weighted by atomic mass is 16.6. The predicted octanol–water partition coefficient (Wildman–Crippen LogP) is 7.92. The molecular weight excluding hydrogens is 695 g/mol. The van der Waals surface area contributed by atoms with E-state index in [4.69, 9.17) is 14.2 Å². The van der Waals surface area contributed by atoms with E-state index in [-0.39, 0.29) is 71.9 Å². The Morgan fingerprint density at radius 1 is 0.927 bits per heavy atom. The van der Waals surface area contributed by atoms with Crippen molar-refractivity contribution in [2.24, 2.45) is 17.3 Å². The van der Waals surface area contributed by atoms with Gasteiger partial charge in [-0.15, -0.1) is 0 Å². The molecule has 0 saturated heterocycles. The zero-order valence-corrected chi connectivity index (χ0v) is 31.5. The number of aromatic amines is 1. The number of esters is 1. The number of hydrogen-bond acceptors (Lipinski definition) is 8. The van der Waals surface area contributed by atoms with Crippen molar-refractivity contribution in [3.63, 3.8) is 0 Å². The first-order valence-electron chi connectivity index (χ1n) is 19.6. The number of hydrogen-bond donors (Lipinski definition) is 4. The zero-order chi connectivity index (χ0) is 38.3. The molecule has 9 nitrogen and oxygen atoms in total. The summed E-state index contributed by atoms with van der Waals surface area (Å²) in [6.07, 6.45) is 8.35. The number of ketones is 1. The van der Waals surface area contributed by atoms with Crippen LogP contribution in [0.2, 0.25) is 0 Å². The maximum absolute atomic E-state index is 14.5. The lowest BCUT2D eigenvalue weighted by molar-refractivity contribution is -0.155. The van der Waals surface area contributed by atoms with Gasteiger partial charge in [0.2, 0.25) is 0 Å². The van der Waals surface area contributed by atoms with Gasteiger partial charge in [-0.25, -0.2) is 0 Å². The fourth-order valence-electron chi connectivity index (χ4n) is 10.1. The van der Waals surface area contributed by atoms with Crippen LogP contribution >= 0.6 is 0 Å².